The summed E-state index contributed by atoms with van der Waals surface area (Å²) in [6, 6.07) is 12.2. The average Bonchev–Trinajstić information content (AvgIpc) is 3.46. The molecular formula is C21H18FN5O4. The highest BCUT2D eigenvalue weighted by Gasteiger charge is 2.28. The summed E-state index contributed by atoms with van der Waals surface area (Å²) in [7, 11) is 3.03. The minimum Gasteiger partial charge on any atom is -0.497 e. The lowest BCUT2D eigenvalue weighted by Crippen LogP contribution is -2.22. The molecule has 0 N–H and O–H groups in total. The van der Waals surface area contributed by atoms with Crippen LogP contribution in [0.25, 0.3) is 23.0 Å². The summed E-state index contributed by atoms with van der Waals surface area (Å²) in [5.74, 6) is 0.853. The fraction of sp³-hybridized carbons (Fsp3) is 0.238. The number of fused-ring (bicyclic) bond motifs is 1. The van der Waals surface area contributed by atoms with Gasteiger partial charge in [-0.25, -0.2) is 9.07 Å². The maximum Gasteiger partial charge on any atom is 0.280 e. The molecular weight excluding hydrogens is 405 g/mol. The zero-order valence-electron chi connectivity index (χ0n) is 16.8. The number of rotatable bonds is 5. The van der Waals surface area contributed by atoms with Crippen molar-refractivity contribution in [1.82, 2.24) is 25.1 Å². The Bertz CT molecular complexity index is 1220. The van der Waals surface area contributed by atoms with E-state index in [-0.39, 0.29) is 30.2 Å². The zero-order valence-corrected chi connectivity index (χ0v) is 16.8. The minimum absolute atomic E-state index is 0.142. The van der Waals surface area contributed by atoms with Crippen molar-refractivity contribution in [3.8, 4) is 34.5 Å². The molecule has 5 rings (SSSR count). The van der Waals surface area contributed by atoms with Crippen LogP contribution >= 0.6 is 0 Å². The molecule has 0 spiro atoms. The highest BCUT2D eigenvalue weighted by Crippen LogP contribution is 2.32. The predicted octanol–water partition coefficient (Wildman–Crippen LogP) is 3.42. The second-order valence-corrected chi connectivity index (χ2v) is 6.91. The molecule has 4 aromatic rings. The summed E-state index contributed by atoms with van der Waals surface area (Å²) < 4.78 is 37.3. The van der Waals surface area contributed by atoms with E-state index in [1.54, 1.807) is 17.9 Å². The van der Waals surface area contributed by atoms with Gasteiger partial charge in [-0.2, -0.15) is 4.98 Å². The molecule has 0 saturated heterocycles. The molecule has 0 bridgehead atoms. The van der Waals surface area contributed by atoms with E-state index in [1.165, 1.54) is 19.2 Å². The maximum absolute atomic E-state index is 14.0. The first kappa shape index (κ1) is 19.2. The molecule has 9 nitrogen and oxygen atoms in total. The average molecular weight is 423 g/mol. The van der Waals surface area contributed by atoms with Crippen molar-refractivity contribution in [1.29, 1.82) is 0 Å². The van der Waals surface area contributed by atoms with Gasteiger partial charge in [-0.05, 0) is 35.9 Å². The molecule has 1 aliphatic rings. The van der Waals surface area contributed by atoms with Crippen LogP contribution in [0.3, 0.4) is 0 Å². The summed E-state index contributed by atoms with van der Waals surface area (Å²) in [4.78, 5) is 4.35. The molecule has 3 heterocycles. The molecule has 2 aromatic heterocycles. The van der Waals surface area contributed by atoms with Gasteiger partial charge in [0.25, 0.3) is 5.89 Å². The molecule has 1 unspecified atom stereocenters. The lowest BCUT2D eigenvalue weighted by Gasteiger charge is -2.24. The summed E-state index contributed by atoms with van der Waals surface area (Å²) in [5.41, 5.74) is 2.66. The van der Waals surface area contributed by atoms with Gasteiger partial charge in [0.05, 0.1) is 33.1 Å². The summed E-state index contributed by atoms with van der Waals surface area (Å²) in [6.07, 6.45) is -0.159. The standard InChI is InChI=1S/C21H18FN5O4/c1-28-14-6-3-12(4-7-14)18-10-27-16(11-30-18)19(24-26-27)21-23-20(25-31-21)13-5-8-17(29-2)15(22)9-13/h3-9,18H,10-11H2,1-2H3. The van der Waals surface area contributed by atoms with Gasteiger partial charge in [0, 0.05) is 5.56 Å². The van der Waals surface area contributed by atoms with E-state index in [9.17, 15) is 4.39 Å². The van der Waals surface area contributed by atoms with Gasteiger partial charge in [-0.3, -0.25) is 0 Å². The molecule has 0 aliphatic carbocycles. The third-order valence-electron chi connectivity index (χ3n) is 5.12. The maximum atomic E-state index is 14.0. The molecule has 0 saturated carbocycles. The van der Waals surface area contributed by atoms with Crippen LogP contribution in [0, 0.1) is 5.82 Å². The van der Waals surface area contributed by atoms with Crippen molar-refractivity contribution in [3.63, 3.8) is 0 Å². The fourth-order valence-electron chi connectivity index (χ4n) is 3.44. The van der Waals surface area contributed by atoms with Gasteiger partial charge in [0.15, 0.2) is 17.3 Å². The van der Waals surface area contributed by atoms with Gasteiger partial charge in [-0.15, -0.1) is 5.10 Å². The Morgan fingerprint density at radius 1 is 1.10 bits per heavy atom. The summed E-state index contributed by atoms with van der Waals surface area (Å²) in [5, 5.41) is 12.4. The first-order chi connectivity index (χ1) is 15.2. The van der Waals surface area contributed by atoms with Crippen LogP contribution in [-0.2, 0) is 17.9 Å². The fourth-order valence-corrected chi connectivity index (χ4v) is 3.44. The van der Waals surface area contributed by atoms with Gasteiger partial charge in [0.2, 0.25) is 5.82 Å². The second-order valence-electron chi connectivity index (χ2n) is 6.91. The highest BCUT2D eigenvalue weighted by atomic mass is 19.1. The zero-order chi connectivity index (χ0) is 21.4. The number of hydrogen-bond acceptors (Lipinski definition) is 8. The molecule has 1 atom stereocenters. The smallest absolute Gasteiger partial charge is 0.280 e. The molecule has 0 radical (unpaired) electrons. The van der Waals surface area contributed by atoms with E-state index >= 15 is 0 Å². The van der Waals surface area contributed by atoms with Crippen molar-refractivity contribution in [3.05, 3.63) is 59.5 Å². The number of benzene rings is 2. The Kier molecular flexibility index (Phi) is 4.83. The van der Waals surface area contributed by atoms with Crippen molar-refractivity contribution in [2.45, 2.75) is 19.3 Å². The lowest BCUT2D eigenvalue weighted by atomic mass is 10.1. The Morgan fingerprint density at radius 2 is 1.94 bits per heavy atom. The number of ether oxygens (including phenoxy) is 3. The van der Waals surface area contributed by atoms with Crippen molar-refractivity contribution in [2.75, 3.05) is 14.2 Å². The van der Waals surface area contributed by atoms with Crippen LogP contribution in [0.4, 0.5) is 4.39 Å². The van der Waals surface area contributed by atoms with Gasteiger partial charge >= 0.3 is 0 Å². The van der Waals surface area contributed by atoms with Crippen molar-refractivity contribution < 1.29 is 23.1 Å². The number of hydrogen-bond donors (Lipinski definition) is 0. The summed E-state index contributed by atoms with van der Waals surface area (Å²) in [6.45, 7) is 0.785. The molecule has 2 aromatic carbocycles. The van der Waals surface area contributed by atoms with E-state index in [0.29, 0.717) is 17.8 Å². The van der Waals surface area contributed by atoms with Crippen molar-refractivity contribution >= 4 is 0 Å². The third kappa shape index (κ3) is 3.50. The van der Waals surface area contributed by atoms with E-state index in [0.717, 1.165) is 17.0 Å². The van der Waals surface area contributed by atoms with Gasteiger partial charge in [0.1, 0.15) is 11.9 Å². The van der Waals surface area contributed by atoms with Gasteiger partial charge < -0.3 is 18.7 Å². The molecule has 31 heavy (non-hydrogen) atoms. The number of nitrogens with zero attached hydrogens (tertiary/aromatic N) is 5. The van der Waals surface area contributed by atoms with Gasteiger partial charge in [-0.1, -0.05) is 22.5 Å². The Morgan fingerprint density at radius 3 is 2.68 bits per heavy atom. The van der Waals surface area contributed by atoms with Crippen LogP contribution in [0.5, 0.6) is 11.5 Å². The Hall–Kier alpha value is -3.79. The Labute approximate surface area is 176 Å². The van der Waals surface area contributed by atoms with Crippen LogP contribution in [0.1, 0.15) is 17.4 Å². The van der Waals surface area contributed by atoms with Crippen molar-refractivity contribution in [2.24, 2.45) is 0 Å². The monoisotopic (exact) mass is 423 g/mol. The largest absolute Gasteiger partial charge is 0.497 e. The number of aromatic nitrogens is 5. The molecule has 10 heteroatoms. The first-order valence-corrected chi connectivity index (χ1v) is 9.52. The SMILES string of the molecule is COc1ccc(C2Cn3nnc(-c4nc(-c5ccc(OC)c(F)c5)no4)c3CO2)cc1. The molecule has 0 amide bonds. The van der Waals surface area contributed by atoms with Crippen LogP contribution < -0.4 is 9.47 Å². The van der Waals surface area contributed by atoms with Crippen LogP contribution in [0.2, 0.25) is 0 Å². The third-order valence-corrected chi connectivity index (χ3v) is 5.12. The first-order valence-electron chi connectivity index (χ1n) is 9.52. The van der Waals surface area contributed by atoms with Crippen LogP contribution in [-0.4, -0.2) is 39.4 Å². The quantitative estimate of drug-likeness (QED) is 0.482. The normalized spacial score (nSPS) is 15.5. The van der Waals surface area contributed by atoms with E-state index in [4.69, 9.17) is 18.7 Å². The van der Waals surface area contributed by atoms with E-state index in [2.05, 4.69) is 20.5 Å². The molecule has 0 fully saturated rings. The Balaban J connectivity index is 1.38. The predicted molar refractivity (Wildman–Crippen MR) is 106 cm³/mol. The summed E-state index contributed by atoms with van der Waals surface area (Å²) >= 11 is 0. The molecule has 1 aliphatic heterocycles. The lowest BCUT2D eigenvalue weighted by molar-refractivity contribution is -0.00119. The topological polar surface area (TPSA) is 97.3 Å². The van der Waals surface area contributed by atoms with E-state index < -0.39 is 5.82 Å². The number of methoxy groups -OCH3 is 2. The highest BCUT2D eigenvalue weighted by molar-refractivity contribution is 5.59. The van der Waals surface area contributed by atoms with Crippen LogP contribution in [0.15, 0.2) is 47.0 Å². The van der Waals surface area contributed by atoms with E-state index in [1.807, 2.05) is 24.3 Å². The second kappa shape index (κ2) is 7.80. The molecule has 158 valence electrons. The number of halogens is 1. The minimum atomic E-state index is -0.509.